The van der Waals surface area contributed by atoms with Crippen LogP contribution in [0.4, 0.5) is 11.5 Å². The topological polar surface area (TPSA) is 28.2 Å². The SMILES string of the molecule is CCNc1cc(N2CCCCC2)ccn1. The van der Waals surface area contributed by atoms with Crippen molar-refractivity contribution in [3.8, 4) is 0 Å². The van der Waals surface area contributed by atoms with Gasteiger partial charge in [0.1, 0.15) is 5.82 Å². The van der Waals surface area contributed by atoms with Crippen LogP contribution in [0.3, 0.4) is 0 Å². The molecule has 1 aromatic heterocycles. The minimum atomic E-state index is 0.927. The van der Waals surface area contributed by atoms with Crippen molar-refractivity contribution in [3.63, 3.8) is 0 Å². The lowest BCUT2D eigenvalue weighted by molar-refractivity contribution is 0.578. The highest BCUT2D eigenvalue weighted by atomic mass is 15.1. The lowest BCUT2D eigenvalue weighted by Crippen LogP contribution is -2.29. The first-order valence-corrected chi connectivity index (χ1v) is 5.85. The molecular weight excluding hydrogens is 186 g/mol. The van der Waals surface area contributed by atoms with Crippen molar-refractivity contribution in [1.82, 2.24) is 4.98 Å². The van der Waals surface area contributed by atoms with Crippen LogP contribution < -0.4 is 10.2 Å². The van der Waals surface area contributed by atoms with E-state index in [1.165, 1.54) is 38.0 Å². The number of piperidine rings is 1. The fraction of sp³-hybridized carbons (Fsp3) is 0.583. The van der Waals surface area contributed by atoms with Gasteiger partial charge >= 0.3 is 0 Å². The van der Waals surface area contributed by atoms with Gasteiger partial charge in [0.05, 0.1) is 0 Å². The number of rotatable bonds is 3. The molecule has 0 spiro atoms. The first-order valence-electron chi connectivity index (χ1n) is 5.85. The lowest BCUT2D eigenvalue weighted by Gasteiger charge is -2.28. The van der Waals surface area contributed by atoms with Crippen LogP contribution in [0.5, 0.6) is 0 Å². The predicted octanol–water partition coefficient (Wildman–Crippen LogP) is 2.50. The number of nitrogens with one attached hydrogen (secondary N) is 1. The molecule has 2 heterocycles. The van der Waals surface area contributed by atoms with Gasteiger partial charge in [0.2, 0.25) is 0 Å². The third kappa shape index (κ3) is 2.61. The first-order chi connectivity index (χ1) is 7.40. The summed E-state index contributed by atoms with van der Waals surface area (Å²) in [6.07, 6.45) is 5.90. The summed E-state index contributed by atoms with van der Waals surface area (Å²) in [6.45, 7) is 5.40. The monoisotopic (exact) mass is 205 g/mol. The Labute approximate surface area is 91.5 Å². The highest BCUT2D eigenvalue weighted by Crippen LogP contribution is 2.21. The van der Waals surface area contributed by atoms with E-state index in [0.717, 1.165) is 12.4 Å². The number of hydrogen-bond donors (Lipinski definition) is 1. The fourth-order valence-electron chi connectivity index (χ4n) is 2.05. The number of pyridine rings is 1. The molecule has 0 bridgehead atoms. The van der Waals surface area contributed by atoms with Crippen LogP contribution in [0.25, 0.3) is 0 Å². The molecule has 1 saturated heterocycles. The summed E-state index contributed by atoms with van der Waals surface area (Å²) in [4.78, 5) is 6.74. The Morgan fingerprint density at radius 3 is 2.87 bits per heavy atom. The van der Waals surface area contributed by atoms with Gasteiger partial charge in [-0.25, -0.2) is 4.98 Å². The highest BCUT2D eigenvalue weighted by molar-refractivity contribution is 5.53. The molecule has 82 valence electrons. The zero-order valence-electron chi connectivity index (χ0n) is 9.37. The van der Waals surface area contributed by atoms with Gasteiger partial charge in [-0.15, -0.1) is 0 Å². The molecule has 3 heteroatoms. The van der Waals surface area contributed by atoms with Crippen molar-refractivity contribution in [2.45, 2.75) is 26.2 Å². The Bertz CT molecular complexity index is 305. The molecule has 15 heavy (non-hydrogen) atoms. The van der Waals surface area contributed by atoms with Crippen LogP contribution >= 0.6 is 0 Å². The molecule has 0 amide bonds. The van der Waals surface area contributed by atoms with Crippen molar-refractivity contribution in [2.24, 2.45) is 0 Å². The summed E-state index contributed by atoms with van der Waals surface area (Å²) in [5.41, 5.74) is 1.31. The maximum Gasteiger partial charge on any atom is 0.127 e. The summed E-state index contributed by atoms with van der Waals surface area (Å²) >= 11 is 0. The number of anilines is 2. The fourth-order valence-corrected chi connectivity index (χ4v) is 2.05. The third-order valence-electron chi connectivity index (χ3n) is 2.82. The lowest BCUT2D eigenvalue weighted by atomic mass is 10.1. The van der Waals surface area contributed by atoms with E-state index < -0.39 is 0 Å². The zero-order valence-corrected chi connectivity index (χ0v) is 9.37. The molecule has 0 aliphatic carbocycles. The Morgan fingerprint density at radius 2 is 2.13 bits per heavy atom. The average molecular weight is 205 g/mol. The quantitative estimate of drug-likeness (QED) is 0.821. The second-order valence-corrected chi connectivity index (χ2v) is 3.98. The molecule has 0 unspecified atom stereocenters. The summed E-state index contributed by atoms with van der Waals surface area (Å²) < 4.78 is 0. The van der Waals surface area contributed by atoms with Crippen molar-refractivity contribution in [2.75, 3.05) is 29.9 Å². The second kappa shape index (κ2) is 5.01. The first kappa shape index (κ1) is 10.3. The number of hydrogen-bond acceptors (Lipinski definition) is 3. The van der Waals surface area contributed by atoms with Gasteiger partial charge < -0.3 is 10.2 Å². The van der Waals surface area contributed by atoms with E-state index in [9.17, 15) is 0 Å². The van der Waals surface area contributed by atoms with E-state index in [2.05, 4.69) is 34.3 Å². The zero-order chi connectivity index (χ0) is 10.5. The maximum atomic E-state index is 4.29. The standard InChI is InChI=1S/C12H19N3/c1-2-13-12-10-11(6-7-14-12)15-8-4-3-5-9-15/h6-7,10H,2-5,8-9H2,1H3,(H,13,14). The Hall–Kier alpha value is -1.25. The van der Waals surface area contributed by atoms with Crippen molar-refractivity contribution in [3.05, 3.63) is 18.3 Å². The van der Waals surface area contributed by atoms with Gasteiger partial charge in [-0.1, -0.05) is 0 Å². The van der Waals surface area contributed by atoms with E-state index in [4.69, 9.17) is 0 Å². The van der Waals surface area contributed by atoms with E-state index in [0.29, 0.717) is 0 Å². The second-order valence-electron chi connectivity index (χ2n) is 3.98. The molecule has 1 fully saturated rings. The summed E-state index contributed by atoms with van der Waals surface area (Å²) in [7, 11) is 0. The van der Waals surface area contributed by atoms with Gasteiger partial charge in [0.15, 0.2) is 0 Å². The van der Waals surface area contributed by atoms with Crippen LogP contribution in [0.15, 0.2) is 18.3 Å². The van der Waals surface area contributed by atoms with E-state index in [-0.39, 0.29) is 0 Å². The molecule has 2 rings (SSSR count). The highest BCUT2D eigenvalue weighted by Gasteiger charge is 2.10. The molecule has 3 nitrogen and oxygen atoms in total. The molecule has 1 aliphatic rings. The summed E-state index contributed by atoms with van der Waals surface area (Å²) in [5.74, 6) is 0.987. The number of nitrogens with zero attached hydrogens (tertiary/aromatic N) is 2. The van der Waals surface area contributed by atoms with Gasteiger partial charge in [-0.2, -0.15) is 0 Å². The van der Waals surface area contributed by atoms with E-state index >= 15 is 0 Å². The van der Waals surface area contributed by atoms with Crippen LogP contribution in [-0.2, 0) is 0 Å². The van der Waals surface area contributed by atoms with E-state index in [1.54, 1.807) is 0 Å². The summed E-state index contributed by atoms with van der Waals surface area (Å²) in [5, 5.41) is 3.25. The Kier molecular flexibility index (Phi) is 3.43. The van der Waals surface area contributed by atoms with Crippen LogP contribution in [0.1, 0.15) is 26.2 Å². The molecule has 0 atom stereocenters. The molecular formula is C12H19N3. The van der Waals surface area contributed by atoms with Gasteiger partial charge in [-0.05, 0) is 32.3 Å². The van der Waals surface area contributed by atoms with Crippen molar-refractivity contribution in [1.29, 1.82) is 0 Å². The summed E-state index contributed by atoms with van der Waals surface area (Å²) in [6, 6.07) is 4.25. The largest absolute Gasteiger partial charge is 0.371 e. The van der Waals surface area contributed by atoms with Gasteiger partial charge in [-0.3, -0.25) is 0 Å². The van der Waals surface area contributed by atoms with Crippen molar-refractivity contribution < 1.29 is 0 Å². The number of aromatic nitrogens is 1. The molecule has 1 N–H and O–H groups in total. The smallest absolute Gasteiger partial charge is 0.127 e. The molecule has 0 radical (unpaired) electrons. The van der Waals surface area contributed by atoms with Gasteiger partial charge in [0.25, 0.3) is 0 Å². The molecule has 0 aromatic carbocycles. The Morgan fingerprint density at radius 1 is 1.33 bits per heavy atom. The minimum Gasteiger partial charge on any atom is -0.371 e. The van der Waals surface area contributed by atoms with Gasteiger partial charge in [0, 0.05) is 37.6 Å². The normalized spacial score (nSPS) is 16.5. The maximum absolute atomic E-state index is 4.29. The van der Waals surface area contributed by atoms with Crippen LogP contribution in [0.2, 0.25) is 0 Å². The van der Waals surface area contributed by atoms with E-state index in [1.807, 2.05) is 6.20 Å². The third-order valence-corrected chi connectivity index (χ3v) is 2.82. The van der Waals surface area contributed by atoms with Crippen LogP contribution in [0, 0.1) is 0 Å². The Balaban J connectivity index is 2.09. The van der Waals surface area contributed by atoms with Crippen LogP contribution in [-0.4, -0.2) is 24.6 Å². The molecule has 1 aliphatic heterocycles. The minimum absolute atomic E-state index is 0.927. The predicted molar refractivity (Wildman–Crippen MR) is 64.5 cm³/mol. The average Bonchev–Trinajstić information content (AvgIpc) is 2.31. The molecule has 0 saturated carbocycles. The molecule has 1 aromatic rings. The van der Waals surface area contributed by atoms with Crippen molar-refractivity contribution >= 4 is 11.5 Å².